The molecule has 4 nitrogen and oxygen atoms in total. The highest BCUT2D eigenvalue weighted by Gasteiger charge is 2.29. The van der Waals surface area contributed by atoms with Gasteiger partial charge in [-0.15, -0.1) is 11.3 Å². The molecule has 22 heavy (non-hydrogen) atoms. The molecule has 2 aromatic rings. The Labute approximate surface area is 127 Å². The minimum Gasteiger partial charge on any atom is -0.477 e. The van der Waals surface area contributed by atoms with Gasteiger partial charge in [0.05, 0.1) is 11.8 Å². The van der Waals surface area contributed by atoms with Gasteiger partial charge in [-0.2, -0.15) is 13.2 Å². The smallest absolute Gasteiger partial charge is 0.416 e. The summed E-state index contributed by atoms with van der Waals surface area (Å²) in [7, 11) is 0. The van der Waals surface area contributed by atoms with Crippen molar-refractivity contribution in [2.75, 3.05) is 0 Å². The quantitative estimate of drug-likeness (QED) is 0.666. The average molecular weight is 329 g/mol. The van der Waals surface area contributed by atoms with Crippen molar-refractivity contribution in [3.63, 3.8) is 0 Å². The maximum atomic E-state index is 12.4. The van der Waals surface area contributed by atoms with E-state index in [-0.39, 0.29) is 11.5 Å². The van der Waals surface area contributed by atoms with Crippen LogP contribution in [0.1, 0.15) is 25.7 Å². The zero-order valence-electron chi connectivity index (χ0n) is 11.0. The van der Waals surface area contributed by atoms with Crippen molar-refractivity contribution >= 4 is 23.5 Å². The summed E-state index contributed by atoms with van der Waals surface area (Å²) in [5.74, 6) is -1.01. The fourth-order valence-electron chi connectivity index (χ4n) is 1.53. The zero-order valence-corrected chi connectivity index (χ0v) is 11.8. The largest absolute Gasteiger partial charge is 0.477 e. The summed E-state index contributed by atoms with van der Waals surface area (Å²) in [4.78, 5) is 16.5. The van der Waals surface area contributed by atoms with Crippen LogP contribution in [0.25, 0.3) is 0 Å². The van der Waals surface area contributed by atoms with Crippen molar-refractivity contribution < 1.29 is 27.9 Å². The third kappa shape index (κ3) is 4.32. The van der Waals surface area contributed by atoms with Crippen LogP contribution in [-0.4, -0.2) is 17.3 Å². The van der Waals surface area contributed by atoms with Crippen molar-refractivity contribution in [3.8, 4) is 0 Å². The first-order valence-electron chi connectivity index (χ1n) is 6.01. The molecular formula is C14H10F3NO3S. The monoisotopic (exact) mass is 329 g/mol. The van der Waals surface area contributed by atoms with E-state index in [0.29, 0.717) is 10.4 Å². The van der Waals surface area contributed by atoms with Crippen molar-refractivity contribution in [2.45, 2.75) is 12.8 Å². The number of carboxylic acids is 1. The van der Waals surface area contributed by atoms with Gasteiger partial charge in [0.15, 0.2) is 6.61 Å². The lowest BCUT2D eigenvalue weighted by Crippen LogP contribution is -2.04. The number of hydrogen-bond acceptors (Lipinski definition) is 4. The Bertz CT molecular complexity index is 677. The molecule has 0 aliphatic heterocycles. The lowest BCUT2D eigenvalue weighted by Gasteiger charge is -2.05. The number of carboxylic acid groups (broad SMARTS) is 1. The number of thiophene rings is 1. The van der Waals surface area contributed by atoms with Crippen LogP contribution < -0.4 is 0 Å². The van der Waals surface area contributed by atoms with Crippen LogP contribution in [0.4, 0.5) is 13.2 Å². The Morgan fingerprint density at radius 2 is 1.91 bits per heavy atom. The molecule has 0 aliphatic rings. The molecule has 0 saturated carbocycles. The molecule has 1 aromatic carbocycles. The van der Waals surface area contributed by atoms with Crippen LogP contribution in [0, 0.1) is 0 Å². The number of aromatic carboxylic acids is 1. The predicted octanol–water partition coefficient (Wildman–Crippen LogP) is 4.02. The fourth-order valence-corrected chi connectivity index (χ4v) is 2.28. The molecular weight excluding hydrogens is 319 g/mol. The number of halogens is 3. The van der Waals surface area contributed by atoms with Crippen molar-refractivity contribution in [2.24, 2.45) is 5.16 Å². The Hall–Kier alpha value is -2.35. The van der Waals surface area contributed by atoms with Crippen LogP contribution in [0.15, 0.2) is 41.6 Å². The van der Waals surface area contributed by atoms with E-state index in [4.69, 9.17) is 9.94 Å². The zero-order chi connectivity index (χ0) is 16.2. The Balaban J connectivity index is 1.88. The summed E-state index contributed by atoms with van der Waals surface area (Å²) < 4.78 is 37.1. The van der Waals surface area contributed by atoms with E-state index in [1.807, 2.05) is 0 Å². The molecule has 0 saturated heterocycles. The number of hydrogen-bond donors (Lipinski definition) is 1. The van der Waals surface area contributed by atoms with Crippen molar-refractivity contribution in [1.82, 2.24) is 0 Å². The van der Waals surface area contributed by atoms with Gasteiger partial charge >= 0.3 is 12.1 Å². The number of carbonyl (C=O) groups is 1. The number of nitrogens with zero attached hydrogens (tertiary/aromatic N) is 1. The summed E-state index contributed by atoms with van der Waals surface area (Å²) in [6, 6.07) is 7.55. The highest BCUT2D eigenvalue weighted by atomic mass is 32.1. The standard InChI is InChI=1S/C14H10F3NO3S/c15-14(16,17)10-3-1-9(2-4-10)7-18-21-8-11-5-6-12(22-11)13(19)20/h1-7H,8H2,(H,19,20). The number of rotatable bonds is 5. The molecule has 0 atom stereocenters. The minimum absolute atomic E-state index is 0.0923. The first-order chi connectivity index (χ1) is 10.4. The van der Waals surface area contributed by atoms with Gasteiger partial charge in [0.1, 0.15) is 4.88 Å². The number of oxime groups is 1. The summed E-state index contributed by atoms with van der Waals surface area (Å²) in [5, 5.41) is 12.4. The minimum atomic E-state index is -4.37. The molecule has 0 unspecified atom stereocenters. The second kappa shape index (κ2) is 6.61. The molecule has 116 valence electrons. The van der Waals surface area contributed by atoms with E-state index in [1.54, 1.807) is 6.07 Å². The van der Waals surface area contributed by atoms with Gasteiger partial charge in [-0.05, 0) is 29.8 Å². The third-order valence-corrected chi connectivity index (χ3v) is 3.64. The van der Waals surface area contributed by atoms with Gasteiger partial charge in [0.2, 0.25) is 0 Å². The van der Waals surface area contributed by atoms with Crippen LogP contribution in [0.5, 0.6) is 0 Å². The maximum Gasteiger partial charge on any atom is 0.416 e. The van der Waals surface area contributed by atoms with E-state index in [0.717, 1.165) is 23.5 Å². The highest BCUT2D eigenvalue weighted by molar-refractivity contribution is 7.13. The predicted molar refractivity (Wildman–Crippen MR) is 75.1 cm³/mol. The Morgan fingerprint density at radius 1 is 1.23 bits per heavy atom. The molecule has 8 heteroatoms. The SMILES string of the molecule is O=C(O)c1ccc(CON=Cc2ccc(C(F)(F)F)cc2)s1. The van der Waals surface area contributed by atoms with Crippen LogP contribution >= 0.6 is 11.3 Å². The van der Waals surface area contributed by atoms with Gasteiger partial charge < -0.3 is 9.94 Å². The van der Waals surface area contributed by atoms with Gasteiger partial charge in [-0.25, -0.2) is 4.79 Å². The first-order valence-corrected chi connectivity index (χ1v) is 6.82. The Morgan fingerprint density at radius 3 is 2.45 bits per heavy atom. The lowest BCUT2D eigenvalue weighted by molar-refractivity contribution is -0.137. The fraction of sp³-hybridized carbons (Fsp3) is 0.143. The second-order valence-corrected chi connectivity index (χ2v) is 5.37. The molecule has 2 rings (SSSR count). The van der Waals surface area contributed by atoms with Gasteiger partial charge in [-0.3, -0.25) is 0 Å². The summed E-state index contributed by atoms with van der Waals surface area (Å²) in [5.41, 5.74) is -0.268. The van der Waals surface area contributed by atoms with Crippen molar-refractivity contribution in [1.29, 1.82) is 0 Å². The molecule has 0 aliphatic carbocycles. The lowest BCUT2D eigenvalue weighted by atomic mass is 10.1. The molecule has 1 N–H and O–H groups in total. The highest BCUT2D eigenvalue weighted by Crippen LogP contribution is 2.28. The third-order valence-electron chi connectivity index (χ3n) is 2.59. The molecule has 1 aromatic heterocycles. The van der Waals surface area contributed by atoms with E-state index >= 15 is 0 Å². The second-order valence-electron chi connectivity index (χ2n) is 4.20. The number of benzene rings is 1. The molecule has 1 heterocycles. The van der Waals surface area contributed by atoms with Gasteiger partial charge in [0, 0.05) is 4.88 Å². The van der Waals surface area contributed by atoms with Crippen LogP contribution in [0.2, 0.25) is 0 Å². The molecule has 0 amide bonds. The average Bonchev–Trinajstić information content (AvgIpc) is 2.92. The van der Waals surface area contributed by atoms with Crippen molar-refractivity contribution in [3.05, 3.63) is 57.3 Å². The first kappa shape index (κ1) is 16.0. The molecule has 0 fully saturated rings. The van der Waals surface area contributed by atoms with Gasteiger partial charge in [-0.1, -0.05) is 17.3 Å². The number of alkyl halides is 3. The van der Waals surface area contributed by atoms with Gasteiger partial charge in [0.25, 0.3) is 0 Å². The molecule has 0 spiro atoms. The molecule has 0 radical (unpaired) electrons. The maximum absolute atomic E-state index is 12.4. The normalized spacial score (nSPS) is 11.8. The Kier molecular flexibility index (Phi) is 4.81. The topological polar surface area (TPSA) is 58.9 Å². The van der Waals surface area contributed by atoms with Crippen LogP contribution in [-0.2, 0) is 17.6 Å². The summed E-state index contributed by atoms with van der Waals surface area (Å²) in [6.45, 7) is 0.0923. The summed E-state index contributed by atoms with van der Waals surface area (Å²) >= 11 is 1.07. The van der Waals surface area contributed by atoms with E-state index < -0.39 is 17.7 Å². The molecule has 0 bridgehead atoms. The summed E-state index contributed by atoms with van der Waals surface area (Å²) in [6.07, 6.45) is -3.08. The van der Waals surface area contributed by atoms with Crippen LogP contribution in [0.3, 0.4) is 0 Å². The van der Waals surface area contributed by atoms with E-state index in [9.17, 15) is 18.0 Å². The van der Waals surface area contributed by atoms with E-state index in [1.165, 1.54) is 24.4 Å². The van der Waals surface area contributed by atoms with E-state index in [2.05, 4.69) is 5.16 Å².